The van der Waals surface area contributed by atoms with Gasteiger partial charge in [0.25, 0.3) is 5.91 Å². The Morgan fingerprint density at radius 2 is 1.52 bits per heavy atom. The Balaban J connectivity index is 2.39. The first kappa shape index (κ1) is 16.7. The van der Waals surface area contributed by atoms with Gasteiger partial charge in [0, 0.05) is 5.56 Å². The number of amides is 1. The summed E-state index contributed by atoms with van der Waals surface area (Å²) in [6.45, 7) is -1.04. The van der Waals surface area contributed by atoms with E-state index in [1.54, 1.807) is 60.7 Å². The highest BCUT2D eigenvalue weighted by molar-refractivity contribution is 5.95. The number of rotatable bonds is 6. The van der Waals surface area contributed by atoms with E-state index in [1.807, 2.05) is 0 Å². The number of carbonyl (C=O) groups is 2. The van der Waals surface area contributed by atoms with E-state index in [1.165, 1.54) is 0 Å². The molecule has 0 fully saturated rings. The summed E-state index contributed by atoms with van der Waals surface area (Å²) in [6.07, 6.45) is 0. The van der Waals surface area contributed by atoms with Gasteiger partial charge in [0.15, 0.2) is 0 Å². The summed E-state index contributed by atoms with van der Waals surface area (Å²) >= 11 is 0. The van der Waals surface area contributed by atoms with E-state index in [0.29, 0.717) is 11.1 Å². The maximum atomic E-state index is 12.3. The summed E-state index contributed by atoms with van der Waals surface area (Å²) in [5, 5.41) is 31.5. The van der Waals surface area contributed by atoms with Crippen molar-refractivity contribution in [2.24, 2.45) is 0 Å². The highest BCUT2D eigenvalue weighted by atomic mass is 16.4. The van der Waals surface area contributed by atoms with Crippen LogP contribution in [-0.4, -0.2) is 39.4 Å². The van der Waals surface area contributed by atoms with Crippen molar-refractivity contribution in [3.63, 3.8) is 0 Å². The number of aliphatic hydroxyl groups is 2. The maximum Gasteiger partial charge on any atom is 0.340 e. The minimum absolute atomic E-state index is 0.319. The lowest BCUT2D eigenvalue weighted by atomic mass is 9.88. The molecule has 120 valence electrons. The highest BCUT2D eigenvalue weighted by Crippen LogP contribution is 2.27. The van der Waals surface area contributed by atoms with Gasteiger partial charge in [-0.15, -0.1) is 0 Å². The van der Waals surface area contributed by atoms with E-state index in [4.69, 9.17) is 0 Å². The zero-order chi connectivity index (χ0) is 16.9. The van der Waals surface area contributed by atoms with Crippen LogP contribution >= 0.6 is 0 Å². The fourth-order valence-electron chi connectivity index (χ4n) is 2.21. The van der Waals surface area contributed by atoms with Gasteiger partial charge in [-0.3, -0.25) is 4.79 Å². The number of hydrogen-bond donors (Lipinski definition) is 4. The molecule has 0 bridgehead atoms. The van der Waals surface area contributed by atoms with Gasteiger partial charge in [0.05, 0.1) is 12.6 Å². The van der Waals surface area contributed by atoms with Crippen molar-refractivity contribution in [1.29, 1.82) is 0 Å². The van der Waals surface area contributed by atoms with E-state index in [-0.39, 0.29) is 0 Å². The number of nitrogens with one attached hydrogen (secondary N) is 1. The molecule has 2 atom stereocenters. The maximum absolute atomic E-state index is 12.3. The van der Waals surface area contributed by atoms with Gasteiger partial charge in [-0.2, -0.15) is 0 Å². The Hall–Kier alpha value is -2.70. The number of aliphatic carboxylic acids is 1. The molecule has 6 nitrogen and oxygen atoms in total. The van der Waals surface area contributed by atoms with Crippen molar-refractivity contribution < 1.29 is 24.9 Å². The van der Waals surface area contributed by atoms with E-state index in [2.05, 4.69) is 5.32 Å². The monoisotopic (exact) mass is 315 g/mol. The topological polar surface area (TPSA) is 107 Å². The van der Waals surface area contributed by atoms with Crippen LogP contribution in [-0.2, 0) is 4.79 Å². The molecular formula is C17H17NO5. The molecule has 0 saturated heterocycles. The number of benzene rings is 2. The molecule has 0 radical (unpaired) electrons. The van der Waals surface area contributed by atoms with Crippen molar-refractivity contribution >= 4 is 11.9 Å². The van der Waals surface area contributed by atoms with Gasteiger partial charge in [-0.1, -0.05) is 48.5 Å². The van der Waals surface area contributed by atoms with Gasteiger partial charge in [-0.05, 0) is 17.7 Å². The second-order valence-corrected chi connectivity index (χ2v) is 5.07. The van der Waals surface area contributed by atoms with Crippen LogP contribution in [0.4, 0.5) is 0 Å². The number of aliphatic hydroxyl groups excluding tert-OH is 1. The van der Waals surface area contributed by atoms with Crippen LogP contribution in [0.5, 0.6) is 0 Å². The summed E-state index contributed by atoms with van der Waals surface area (Å²) in [6, 6.07) is 15.1. The normalized spacial score (nSPS) is 14.5. The van der Waals surface area contributed by atoms with Crippen molar-refractivity contribution in [3.05, 3.63) is 71.8 Å². The Labute approximate surface area is 133 Å². The first-order chi connectivity index (χ1) is 11.0. The highest BCUT2D eigenvalue weighted by Gasteiger charge is 2.45. The van der Waals surface area contributed by atoms with E-state index < -0.39 is 30.1 Å². The van der Waals surface area contributed by atoms with Gasteiger partial charge >= 0.3 is 5.97 Å². The van der Waals surface area contributed by atoms with E-state index in [9.17, 15) is 24.9 Å². The Morgan fingerprint density at radius 3 is 2.00 bits per heavy atom. The number of carboxylic acids is 1. The van der Waals surface area contributed by atoms with E-state index >= 15 is 0 Å². The molecule has 0 aliphatic rings. The zero-order valence-corrected chi connectivity index (χ0v) is 12.2. The van der Waals surface area contributed by atoms with Gasteiger partial charge in [0.1, 0.15) is 0 Å². The molecule has 1 amide bonds. The molecule has 2 rings (SSSR count). The predicted molar refractivity (Wildman–Crippen MR) is 82.8 cm³/mol. The van der Waals surface area contributed by atoms with Crippen molar-refractivity contribution in [1.82, 2.24) is 5.32 Å². The SMILES string of the molecule is O=C(N[C@@H](c1ccccc1)[C@](O)(CO)C(=O)O)c1ccccc1. The largest absolute Gasteiger partial charge is 0.479 e. The smallest absolute Gasteiger partial charge is 0.340 e. The lowest BCUT2D eigenvalue weighted by molar-refractivity contribution is -0.166. The molecule has 0 heterocycles. The molecule has 0 aliphatic heterocycles. The third kappa shape index (κ3) is 3.56. The molecule has 2 aromatic rings. The quantitative estimate of drug-likeness (QED) is 0.635. The second-order valence-electron chi connectivity index (χ2n) is 5.07. The number of carboxylic acid groups (broad SMARTS) is 1. The molecule has 0 aromatic heterocycles. The fraction of sp³-hybridized carbons (Fsp3) is 0.176. The summed E-state index contributed by atoms with van der Waals surface area (Å²) in [5.74, 6) is -2.17. The average Bonchev–Trinajstić information content (AvgIpc) is 2.60. The fourth-order valence-corrected chi connectivity index (χ4v) is 2.21. The van der Waals surface area contributed by atoms with Gasteiger partial charge < -0.3 is 20.6 Å². The van der Waals surface area contributed by atoms with Crippen LogP contribution in [0.15, 0.2) is 60.7 Å². The van der Waals surface area contributed by atoms with Gasteiger partial charge in [0.2, 0.25) is 5.60 Å². The predicted octanol–water partition coefficient (Wildman–Crippen LogP) is 0.966. The van der Waals surface area contributed by atoms with Crippen LogP contribution in [0, 0.1) is 0 Å². The molecule has 0 spiro atoms. The number of carbonyl (C=O) groups excluding carboxylic acids is 1. The molecule has 23 heavy (non-hydrogen) atoms. The Kier molecular flexibility index (Phi) is 5.10. The summed E-state index contributed by atoms with van der Waals surface area (Å²) in [4.78, 5) is 23.7. The first-order valence-corrected chi connectivity index (χ1v) is 6.96. The zero-order valence-electron chi connectivity index (χ0n) is 12.2. The van der Waals surface area contributed by atoms with Crippen molar-refractivity contribution in [3.8, 4) is 0 Å². The molecule has 0 unspecified atom stereocenters. The first-order valence-electron chi connectivity index (χ1n) is 6.96. The minimum Gasteiger partial charge on any atom is -0.479 e. The Bertz CT molecular complexity index is 674. The second kappa shape index (κ2) is 7.04. The summed E-state index contributed by atoms with van der Waals surface area (Å²) in [7, 11) is 0. The Morgan fingerprint density at radius 1 is 1.00 bits per heavy atom. The van der Waals surface area contributed by atoms with Crippen LogP contribution in [0.25, 0.3) is 0 Å². The van der Waals surface area contributed by atoms with Crippen molar-refractivity contribution in [2.45, 2.75) is 11.6 Å². The van der Waals surface area contributed by atoms with Crippen LogP contribution in [0.2, 0.25) is 0 Å². The van der Waals surface area contributed by atoms with Crippen LogP contribution in [0.1, 0.15) is 22.0 Å². The lowest BCUT2D eigenvalue weighted by Gasteiger charge is -2.31. The third-order valence-electron chi connectivity index (χ3n) is 3.53. The standard InChI is InChI=1S/C17H17NO5/c19-11-17(23,16(21)22)14(12-7-3-1-4-8-12)18-15(20)13-9-5-2-6-10-13/h1-10,14,19,23H,11H2,(H,18,20)(H,21,22)/t14-,17+/m0/s1. The molecule has 6 heteroatoms. The molecule has 0 saturated carbocycles. The van der Waals surface area contributed by atoms with Gasteiger partial charge in [-0.25, -0.2) is 4.79 Å². The summed E-state index contributed by atoms with van der Waals surface area (Å²) in [5.41, 5.74) is -1.85. The molecule has 4 N–H and O–H groups in total. The molecule has 2 aromatic carbocycles. The average molecular weight is 315 g/mol. The van der Waals surface area contributed by atoms with Crippen molar-refractivity contribution in [2.75, 3.05) is 6.61 Å². The molecule has 0 aliphatic carbocycles. The van der Waals surface area contributed by atoms with Crippen LogP contribution in [0.3, 0.4) is 0 Å². The van der Waals surface area contributed by atoms with Crippen LogP contribution < -0.4 is 5.32 Å². The third-order valence-corrected chi connectivity index (χ3v) is 3.53. The number of hydrogen-bond acceptors (Lipinski definition) is 4. The summed E-state index contributed by atoms with van der Waals surface area (Å²) < 4.78 is 0. The lowest BCUT2D eigenvalue weighted by Crippen LogP contribution is -2.54. The minimum atomic E-state index is -2.54. The molecular weight excluding hydrogens is 298 g/mol. The van der Waals surface area contributed by atoms with E-state index in [0.717, 1.165) is 0 Å².